The Hall–Kier alpha value is -1.84. The van der Waals surface area contributed by atoms with E-state index in [1.54, 1.807) is 12.1 Å². The van der Waals surface area contributed by atoms with Crippen LogP contribution in [-0.4, -0.2) is 30.8 Å². The van der Waals surface area contributed by atoms with Gasteiger partial charge >= 0.3 is 0 Å². The SMILES string of the molecule is CCOCCCNC(=O)C(C#N)=Cc1ccc(O)c(Br)c1. The van der Waals surface area contributed by atoms with Gasteiger partial charge < -0.3 is 15.2 Å². The zero-order chi connectivity index (χ0) is 15.7. The Balaban J connectivity index is 2.64. The second kappa shape index (κ2) is 9.16. The van der Waals surface area contributed by atoms with Crippen molar-refractivity contribution in [3.63, 3.8) is 0 Å². The van der Waals surface area contributed by atoms with Crippen LogP contribution >= 0.6 is 15.9 Å². The lowest BCUT2D eigenvalue weighted by Crippen LogP contribution is -2.26. The third-order valence-corrected chi connectivity index (χ3v) is 3.24. The molecule has 0 aromatic heterocycles. The van der Waals surface area contributed by atoms with Gasteiger partial charge in [-0.3, -0.25) is 4.79 Å². The number of ether oxygens (including phenoxy) is 1. The molecule has 5 nitrogen and oxygen atoms in total. The van der Waals surface area contributed by atoms with Gasteiger partial charge in [-0.1, -0.05) is 6.07 Å². The van der Waals surface area contributed by atoms with Crippen molar-refractivity contribution in [3.05, 3.63) is 33.8 Å². The van der Waals surface area contributed by atoms with Gasteiger partial charge in [0.25, 0.3) is 5.91 Å². The van der Waals surface area contributed by atoms with Gasteiger partial charge in [0.15, 0.2) is 0 Å². The molecule has 0 aliphatic rings. The summed E-state index contributed by atoms with van der Waals surface area (Å²) in [6, 6.07) is 6.63. The molecule has 0 radical (unpaired) electrons. The fourth-order valence-corrected chi connectivity index (χ4v) is 1.94. The lowest BCUT2D eigenvalue weighted by Gasteiger charge is -2.05. The molecule has 1 rings (SSSR count). The van der Waals surface area contributed by atoms with E-state index in [1.165, 1.54) is 12.1 Å². The highest BCUT2D eigenvalue weighted by atomic mass is 79.9. The molecule has 0 heterocycles. The lowest BCUT2D eigenvalue weighted by molar-refractivity contribution is -0.117. The summed E-state index contributed by atoms with van der Waals surface area (Å²) in [6.07, 6.45) is 2.17. The van der Waals surface area contributed by atoms with Crippen LogP contribution in [0.3, 0.4) is 0 Å². The molecule has 0 spiro atoms. The molecule has 0 saturated carbocycles. The first-order valence-electron chi connectivity index (χ1n) is 6.54. The number of nitrogens with one attached hydrogen (secondary N) is 1. The van der Waals surface area contributed by atoms with Gasteiger partial charge in [-0.15, -0.1) is 0 Å². The van der Waals surface area contributed by atoms with Crippen LogP contribution in [0.1, 0.15) is 18.9 Å². The Labute approximate surface area is 132 Å². The standard InChI is InChI=1S/C15H17BrN2O3/c1-2-21-7-3-6-18-15(20)12(10-17)8-11-4-5-14(19)13(16)9-11/h4-5,8-9,19H,2-3,6-7H2,1H3,(H,18,20). The molecule has 0 aliphatic heterocycles. The van der Waals surface area contributed by atoms with E-state index in [1.807, 2.05) is 13.0 Å². The van der Waals surface area contributed by atoms with Crippen molar-refractivity contribution < 1.29 is 14.6 Å². The first kappa shape index (κ1) is 17.2. The molecule has 0 fully saturated rings. The fraction of sp³-hybridized carbons (Fsp3) is 0.333. The summed E-state index contributed by atoms with van der Waals surface area (Å²) in [5, 5.41) is 21.1. The quantitative estimate of drug-likeness (QED) is 0.449. The highest BCUT2D eigenvalue weighted by Gasteiger charge is 2.08. The summed E-state index contributed by atoms with van der Waals surface area (Å²) < 4.78 is 5.67. The van der Waals surface area contributed by atoms with Gasteiger partial charge in [-0.2, -0.15) is 5.26 Å². The monoisotopic (exact) mass is 352 g/mol. The highest BCUT2D eigenvalue weighted by Crippen LogP contribution is 2.25. The maximum absolute atomic E-state index is 11.9. The number of nitrogens with zero attached hydrogens (tertiary/aromatic N) is 1. The predicted octanol–water partition coefficient (Wildman–Crippen LogP) is 2.60. The molecule has 0 saturated heterocycles. The molecule has 1 amide bonds. The maximum Gasteiger partial charge on any atom is 0.261 e. The minimum atomic E-state index is -0.418. The largest absolute Gasteiger partial charge is 0.507 e. The molecule has 0 aliphatic carbocycles. The molecule has 6 heteroatoms. The van der Waals surface area contributed by atoms with E-state index >= 15 is 0 Å². The smallest absolute Gasteiger partial charge is 0.261 e. The van der Waals surface area contributed by atoms with Crippen molar-refractivity contribution in [2.75, 3.05) is 19.8 Å². The van der Waals surface area contributed by atoms with Gasteiger partial charge in [0, 0.05) is 19.8 Å². The van der Waals surface area contributed by atoms with Crippen LogP contribution in [-0.2, 0) is 9.53 Å². The Morgan fingerprint density at radius 1 is 1.57 bits per heavy atom. The minimum Gasteiger partial charge on any atom is -0.507 e. The van der Waals surface area contributed by atoms with Crippen LogP contribution in [0.4, 0.5) is 0 Å². The second-order valence-electron chi connectivity index (χ2n) is 4.19. The Morgan fingerprint density at radius 2 is 2.33 bits per heavy atom. The molecule has 1 aromatic rings. The van der Waals surface area contributed by atoms with Crippen molar-refractivity contribution in [3.8, 4) is 11.8 Å². The number of phenols is 1. The van der Waals surface area contributed by atoms with Crippen molar-refractivity contribution in [2.24, 2.45) is 0 Å². The van der Waals surface area contributed by atoms with Crippen molar-refractivity contribution in [1.82, 2.24) is 5.32 Å². The number of hydrogen-bond donors (Lipinski definition) is 2. The molecule has 1 aromatic carbocycles. The summed E-state index contributed by atoms with van der Waals surface area (Å²) in [7, 11) is 0. The Morgan fingerprint density at radius 3 is 2.95 bits per heavy atom. The number of carbonyl (C=O) groups excluding carboxylic acids is 1. The zero-order valence-electron chi connectivity index (χ0n) is 11.7. The van der Waals surface area contributed by atoms with Crippen LogP contribution in [0.2, 0.25) is 0 Å². The van der Waals surface area contributed by atoms with E-state index < -0.39 is 5.91 Å². The molecule has 112 valence electrons. The van der Waals surface area contributed by atoms with E-state index in [0.29, 0.717) is 36.2 Å². The summed E-state index contributed by atoms with van der Waals surface area (Å²) in [5.74, 6) is -0.316. The van der Waals surface area contributed by atoms with E-state index in [4.69, 9.17) is 10.00 Å². The number of rotatable bonds is 7. The van der Waals surface area contributed by atoms with Crippen LogP contribution in [0.5, 0.6) is 5.75 Å². The first-order chi connectivity index (χ1) is 10.1. The lowest BCUT2D eigenvalue weighted by atomic mass is 10.1. The summed E-state index contributed by atoms with van der Waals surface area (Å²) in [6.45, 7) is 3.59. The highest BCUT2D eigenvalue weighted by molar-refractivity contribution is 9.10. The van der Waals surface area contributed by atoms with E-state index in [9.17, 15) is 9.90 Å². The second-order valence-corrected chi connectivity index (χ2v) is 5.04. The molecular weight excluding hydrogens is 336 g/mol. The number of aromatic hydroxyl groups is 1. The third-order valence-electron chi connectivity index (χ3n) is 2.60. The van der Waals surface area contributed by atoms with Crippen molar-refractivity contribution in [2.45, 2.75) is 13.3 Å². The fourth-order valence-electron chi connectivity index (χ4n) is 1.54. The van der Waals surface area contributed by atoms with Crippen LogP contribution in [0.25, 0.3) is 6.08 Å². The zero-order valence-corrected chi connectivity index (χ0v) is 13.3. The van der Waals surface area contributed by atoms with E-state index in [-0.39, 0.29) is 11.3 Å². The minimum absolute atomic E-state index is 0.0176. The summed E-state index contributed by atoms with van der Waals surface area (Å²) in [4.78, 5) is 11.9. The van der Waals surface area contributed by atoms with Gasteiger partial charge in [0.05, 0.1) is 4.47 Å². The van der Waals surface area contributed by atoms with Crippen LogP contribution in [0.15, 0.2) is 28.2 Å². The first-order valence-corrected chi connectivity index (χ1v) is 7.34. The number of benzene rings is 1. The van der Waals surface area contributed by atoms with E-state index in [0.717, 1.165) is 0 Å². The third kappa shape index (κ3) is 5.98. The number of carbonyl (C=O) groups is 1. The van der Waals surface area contributed by atoms with E-state index in [2.05, 4.69) is 21.2 Å². The average Bonchev–Trinajstić information content (AvgIpc) is 2.48. The summed E-state index contributed by atoms with van der Waals surface area (Å²) >= 11 is 3.18. The number of hydrogen-bond acceptors (Lipinski definition) is 4. The van der Waals surface area contributed by atoms with Gasteiger partial charge in [-0.05, 0) is 53.0 Å². The number of nitriles is 1. The predicted molar refractivity (Wildman–Crippen MR) is 83.5 cm³/mol. The normalized spacial score (nSPS) is 11.0. The topological polar surface area (TPSA) is 82.3 Å². The van der Waals surface area contributed by atoms with Crippen molar-refractivity contribution in [1.29, 1.82) is 5.26 Å². The molecule has 0 atom stereocenters. The van der Waals surface area contributed by atoms with Crippen LogP contribution < -0.4 is 5.32 Å². The molecular formula is C15H17BrN2O3. The number of phenolic OH excluding ortho intramolecular Hbond substituents is 1. The molecule has 21 heavy (non-hydrogen) atoms. The number of amides is 1. The maximum atomic E-state index is 11.9. The van der Waals surface area contributed by atoms with Gasteiger partial charge in [-0.25, -0.2) is 0 Å². The van der Waals surface area contributed by atoms with Crippen LogP contribution in [0, 0.1) is 11.3 Å². The Kier molecular flexibility index (Phi) is 7.51. The van der Waals surface area contributed by atoms with Crippen molar-refractivity contribution >= 4 is 27.9 Å². The molecule has 2 N–H and O–H groups in total. The Bertz CT molecular complexity index is 565. The average molecular weight is 353 g/mol. The summed E-state index contributed by atoms with van der Waals surface area (Å²) in [5.41, 5.74) is 0.671. The molecule has 0 unspecified atom stereocenters. The molecule has 0 bridgehead atoms. The van der Waals surface area contributed by atoms with Gasteiger partial charge in [0.1, 0.15) is 17.4 Å². The number of halogens is 1. The van der Waals surface area contributed by atoms with Gasteiger partial charge in [0.2, 0.25) is 0 Å².